The number of amidine groups is 1. The fraction of sp³-hybridized carbons (Fsp3) is 0.350. The molecule has 1 aromatic carbocycles. The minimum atomic E-state index is -0.0921. The summed E-state index contributed by atoms with van der Waals surface area (Å²) in [5, 5.41) is 6.48. The molecule has 1 aliphatic heterocycles. The molecule has 0 bridgehead atoms. The van der Waals surface area contributed by atoms with Crippen LogP contribution in [0.2, 0.25) is 0 Å². The zero-order valence-electron chi connectivity index (χ0n) is 15.1. The number of rotatable bonds is 4. The topological polar surface area (TPSA) is 63.6 Å². The number of aromatic nitrogens is 1. The quantitative estimate of drug-likeness (QED) is 0.756. The second-order valence-corrected chi connectivity index (χ2v) is 8.49. The molecule has 2 aromatic rings. The van der Waals surface area contributed by atoms with Gasteiger partial charge in [0.05, 0.1) is 23.8 Å². The van der Waals surface area contributed by atoms with Crippen molar-refractivity contribution >= 4 is 40.2 Å². The second-order valence-electron chi connectivity index (χ2n) is 6.60. The summed E-state index contributed by atoms with van der Waals surface area (Å²) in [6.45, 7) is 0. The highest BCUT2D eigenvalue weighted by Crippen LogP contribution is 2.31. The monoisotopic (exact) mass is 399 g/mol. The molecule has 1 saturated carbocycles. The van der Waals surface area contributed by atoms with Gasteiger partial charge >= 0.3 is 0 Å². The highest BCUT2D eigenvalue weighted by molar-refractivity contribution is 8.18. The van der Waals surface area contributed by atoms with E-state index in [1.54, 1.807) is 18.4 Å². The molecular weight excluding hydrogens is 378 g/mol. The van der Waals surface area contributed by atoms with E-state index in [0.717, 1.165) is 40.0 Å². The summed E-state index contributed by atoms with van der Waals surface area (Å²) in [4.78, 5) is 22.3. The van der Waals surface area contributed by atoms with E-state index in [9.17, 15) is 4.79 Å². The van der Waals surface area contributed by atoms with Crippen LogP contribution in [0.4, 0.5) is 0 Å². The van der Waals surface area contributed by atoms with Crippen molar-refractivity contribution in [1.82, 2.24) is 10.3 Å². The lowest BCUT2D eigenvalue weighted by Crippen LogP contribution is -2.22. The van der Waals surface area contributed by atoms with Crippen molar-refractivity contribution in [2.75, 3.05) is 7.11 Å². The van der Waals surface area contributed by atoms with Crippen LogP contribution in [-0.4, -0.2) is 29.2 Å². The molecule has 4 rings (SSSR count). The molecule has 1 amide bonds. The van der Waals surface area contributed by atoms with E-state index in [2.05, 4.69) is 10.3 Å². The zero-order valence-corrected chi connectivity index (χ0v) is 16.7. The summed E-state index contributed by atoms with van der Waals surface area (Å²) in [7, 11) is 1.65. The third kappa shape index (κ3) is 4.42. The van der Waals surface area contributed by atoms with Crippen molar-refractivity contribution in [3.05, 3.63) is 40.2 Å². The molecule has 2 aliphatic rings. The van der Waals surface area contributed by atoms with Crippen LogP contribution in [0, 0.1) is 0 Å². The van der Waals surface area contributed by atoms with E-state index in [1.807, 2.05) is 35.7 Å². The first-order valence-electron chi connectivity index (χ1n) is 9.10. The lowest BCUT2D eigenvalue weighted by molar-refractivity contribution is -0.115. The number of amides is 1. The highest BCUT2D eigenvalue weighted by Gasteiger charge is 2.25. The van der Waals surface area contributed by atoms with Gasteiger partial charge in [-0.1, -0.05) is 31.4 Å². The average molecular weight is 400 g/mol. The summed E-state index contributed by atoms with van der Waals surface area (Å²) < 4.78 is 5.27. The van der Waals surface area contributed by atoms with E-state index in [-0.39, 0.29) is 5.91 Å². The van der Waals surface area contributed by atoms with Gasteiger partial charge in [-0.15, -0.1) is 11.3 Å². The third-order valence-corrected chi connectivity index (χ3v) is 6.48. The fourth-order valence-corrected chi connectivity index (χ4v) is 4.89. The molecule has 1 saturated heterocycles. The number of aliphatic imine (C=N–C) groups is 1. The van der Waals surface area contributed by atoms with Gasteiger partial charge in [-0.25, -0.2) is 4.98 Å². The molecule has 2 fully saturated rings. The molecule has 5 nitrogen and oxygen atoms in total. The van der Waals surface area contributed by atoms with Gasteiger partial charge in [0.15, 0.2) is 5.17 Å². The molecule has 140 valence electrons. The van der Waals surface area contributed by atoms with Crippen LogP contribution in [0.3, 0.4) is 0 Å². The number of ether oxygens (including phenoxy) is 1. The number of benzene rings is 1. The molecule has 1 N–H and O–H groups in total. The third-order valence-electron chi connectivity index (χ3n) is 4.64. The summed E-state index contributed by atoms with van der Waals surface area (Å²) in [5.74, 6) is 0.711. The van der Waals surface area contributed by atoms with E-state index < -0.39 is 0 Å². The number of nitrogens with zero attached hydrogens (tertiary/aromatic N) is 2. The van der Waals surface area contributed by atoms with Crippen LogP contribution in [0.15, 0.2) is 39.5 Å². The Morgan fingerprint density at radius 2 is 2.15 bits per heavy atom. The van der Waals surface area contributed by atoms with Crippen LogP contribution < -0.4 is 10.1 Å². The van der Waals surface area contributed by atoms with Crippen LogP contribution in [0.5, 0.6) is 5.75 Å². The standard InChI is InChI=1S/C20H21N3O2S2/c1-25-16-9-5-6-13(10-16)19-21-15(12-26-19)11-17-18(24)23-20(27-17)22-14-7-3-2-4-8-14/h5-6,9-12,14H,2-4,7-8H2,1H3,(H,22,23,24)/b17-11+. The maximum absolute atomic E-state index is 12.3. The lowest BCUT2D eigenvalue weighted by atomic mass is 9.96. The Labute approximate surface area is 167 Å². The Kier molecular flexibility index (Phi) is 5.59. The Morgan fingerprint density at radius 1 is 1.30 bits per heavy atom. The molecule has 0 spiro atoms. The fourth-order valence-electron chi connectivity index (χ4n) is 3.24. The van der Waals surface area contributed by atoms with Gasteiger partial charge in [0.25, 0.3) is 5.91 Å². The van der Waals surface area contributed by atoms with Gasteiger partial charge in [-0.05, 0) is 42.8 Å². The average Bonchev–Trinajstić information content (AvgIpc) is 3.30. The first kappa shape index (κ1) is 18.3. The molecule has 0 atom stereocenters. The van der Waals surface area contributed by atoms with Crippen LogP contribution in [-0.2, 0) is 4.79 Å². The Morgan fingerprint density at radius 3 is 2.96 bits per heavy atom. The smallest absolute Gasteiger partial charge is 0.264 e. The lowest BCUT2D eigenvalue weighted by Gasteiger charge is -2.17. The molecule has 1 aliphatic carbocycles. The number of thioether (sulfide) groups is 1. The molecule has 7 heteroatoms. The van der Waals surface area contributed by atoms with E-state index >= 15 is 0 Å². The van der Waals surface area contributed by atoms with Gasteiger partial charge in [-0.3, -0.25) is 9.79 Å². The maximum Gasteiger partial charge on any atom is 0.264 e. The number of carbonyl (C=O) groups excluding carboxylic acids is 1. The number of hydrogen-bond donors (Lipinski definition) is 1. The Bertz CT molecular complexity index is 898. The van der Waals surface area contributed by atoms with Crippen molar-refractivity contribution in [1.29, 1.82) is 0 Å². The number of thiazole rings is 1. The molecule has 2 heterocycles. The van der Waals surface area contributed by atoms with Gasteiger partial charge in [0.2, 0.25) is 0 Å². The molecular formula is C20H21N3O2S2. The molecule has 0 radical (unpaired) electrons. The van der Waals surface area contributed by atoms with Gasteiger partial charge < -0.3 is 10.1 Å². The summed E-state index contributed by atoms with van der Waals surface area (Å²) in [6, 6.07) is 8.17. The molecule has 27 heavy (non-hydrogen) atoms. The van der Waals surface area contributed by atoms with Gasteiger partial charge in [0.1, 0.15) is 10.8 Å². The van der Waals surface area contributed by atoms with Gasteiger partial charge in [0, 0.05) is 10.9 Å². The van der Waals surface area contributed by atoms with E-state index in [0.29, 0.717) is 10.9 Å². The van der Waals surface area contributed by atoms with E-state index in [4.69, 9.17) is 9.73 Å². The van der Waals surface area contributed by atoms with Crippen molar-refractivity contribution in [2.24, 2.45) is 4.99 Å². The second kappa shape index (κ2) is 8.27. The summed E-state index contributed by atoms with van der Waals surface area (Å²) in [6.07, 6.45) is 7.84. The number of methoxy groups -OCH3 is 1. The van der Waals surface area contributed by atoms with Crippen molar-refractivity contribution in [3.63, 3.8) is 0 Å². The molecule has 1 aromatic heterocycles. The van der Waals surface area contributed by atoms with Crippen molar-refractivity contribution in [2.45, 2.75) is 38.1 Å². The predicted molar refractivity (Wildman–Crippen MR) is 112 cm³/mol. The van der Waals surface area contributed by atoms with Crippen LogP contribution >= 0.6 is 23.1 Å². The SMILES string of the molecule is COc1cccc(-c2nc(/C=C3/SC(=NC4CCCCC4)NC3=O)cs2)c1. The minimum Gasteiger partial charge on any atom is -0.497 e. The summed E-state index contributed by atoms with van der Waals surface area (Å²) >= 11 is 2.97. The number of nitrogens with one attached hydrogen (secondary N) is 1. The van der Waals surface area contributed by atoms with Crippen molar-refractivity contribution < 1.29 is 9.53 Å². The number of carbonyl (C=O) groups is 1. The Hall–Kier alpha value is -2.12. The normalized spacial score (nSPS) is 21.0. The Balaban J connectivity index is 1.49. The summed E-state index contributed by atoms with van der Waals surface area (Å²) in [5.41, 5.74) is 1.79. The minimum absolute atomic E-state index is 0.0921. The first-order chi connectivity index (χ1) is 13.2. The van der Waals surface area contributed by atoms with E-state index in [1.165, 1.54) is 31.0 Å². The predicted octanol–water partition coefficient (Wildman–Crippen LogP) is 4.71. The highest BCUT2D eigenvalue weighted by atomic mass is 32.2. The first-order valence-corrected chi connectivity index (χ1v) is 10.8. The molecule has 0 unspecified atom stereocenters. The van der Waals surface area contributed by atoms with Crippen LogP contribution in [0.1, 0.15) is 37.8 Å². The van der Waals surface area contributed by atoms with Crippen LogP contribution in [0.25, 0.3) is 16.6 Å². The van der Waals surface area contributed by atoms with Gasteiger partial charge in [-0.2, -0.15) is 0 Å². The van der Waals surface area contributed by atoms with Crippen molar-refractivity contribution in [3.8, 4) is 16.3 Å². The number of hydrogen-bond acceptors (Lipinski definition) is 6. The maximum atomic E-state index is 12.3. The largest absolute Gasteiger partial charge is 0.497 e. The zero-order chi connectivity index (χ0) is 18.6.